The monoisotopic (exact) mass is 359 g/mol. The molecule has 0 radical (unpaired) electrons. The highest BCUT2D eigenvalue weighted by atomic mass is 35.5. The zero-order valence-electron chi connectivity index (χ0n) is 15.6. The van der Waals surface area contributed by atoms with Crippen molar-refractivity contribution < 1.29 is 4.79 Å². The summed E-state index contributed by atoms with van der Waals surface area (Å²) in [5.41, 5.74) is 3.61. The first-order valence-corrected chi connectivity index (χ1v) is 8.97. The fourth-order valence-corrected chi connectivity index (χ4v) is 3.27. The summed E-state index contributed by atoms with van der Waals surface area (Å²) in [5.74, 6) is -0.110. The lowest BCUT2D eigenvalue weighted by atomic mass is 9.84. The molecule has 0 aliphatic carbocycles. The van der Waals surface area contributed by atoms with Gasteiger partial charge < -0.3 is 5.32 Å². The number of halogens is 1. The van der Waals surface area contributed by atoms with Crippen LogP contribution in [0.1, 0.15) is 49.2 Å². The molecule has 1 amide bonds. The molecular formula is C20H26ClN3O. The second-order valence-electron chi connectivity index (χ2n) is 6.33. The SMILES string of the molecule is CCC(CC)(NC(=O)/C=C/c1c(C)nn(C)c1C)c1ccc(Cl)cc1. The van der Waals surface area contributed by atoms with Crippen LogP contribution in [0.3, 0.4) is 0 Å². The van der Waals surface area contributed by atoms with E-state index >= 15 is 0 Å². The van der Waals surface area contributed by atoms with Crippen LogP contribution in [0.2, 0.25) is 5.02 Å². The van der Waals surface area contributed by atoms with E-state index in [0.29, 0.717) is 5.02 Å². The Morgan fingerprint density at radius 3 is 2.32 bits per heavy atom. The molecule has 0 aliphatic heterocycles. The predicted octanol–water partition coefficient (Wildman–Crippen LogP) is 4.54. The summed E-state index contributed by atoms with van der Waals surface area (Å²) >= 11 is 6.00. The van der Waals surface area contributed by atoms with E-state index in [4.69, 9.17) is 11.6 Å². The Morgan fingerprint density at radius 1 is 1.24 bits per heavy atom. The number of rotatable bonds is 6. The molecule has 2 aromatic rings. The first-order chi connectivity index (χ1) is 11.8. The molecule has 0 atom stereocenters. The topological polar surface area (TPSA) is 46.9 Å². The molecule has 5 heteroatoms. The van der Waals surface area contributed by atoms with Crippen molar-refractivity contribution in [3.63, 3.8) is 0 Å². The normalized spacial score (nSPS) is 11.9. The standard InChI is InChI=1S/C20H26ClN3O/c1-6-20(7-2,16-8-10-17(21)11-9-16)22-19(25)13-12-18-14(3)23-24(5)15(18)4/h8-13H,6-7H2,1-5H3,(H,22,25)/b13-12+. The maximum atomic E-state index is 12.6. The van der Waals surface area contributed by atoms with Crippen molar-refractivity contribution in [3.05, 3.63) is 57.9 Å². The maximum absolute atomic E-state index is 12.6. The van der Waals surface area contributed by atoms with E-state index in [1.807, 2.05) is 55.9 Å². The molecule has 0 bridgehead atoms. The molecule has 1 N–H and O–H groups in total. The van der Waals surface area contributed by atoms with Crippen molar-refractivity contribution in [1.82, 2.24) is 15.1 Å². The van der Waals surface area contributed by atoms with Gasteiger partial charge in [0.25, 0.3) is 0 Å². The molecule has 0 fully saturated rings. The average molecular weight is 360 g/mol. The average Bonchev–Trinajstić information content (AvgIpc) is 2.84. The van der Waals surface area contributed by atoms with Crippen LogP contribution in [-0.2, 0) is 17.4 Å². The molecule has 0 spiro atoms. The third kappa shape index (κ3) is 4.13. The summed E-state index contributed by atoms with van der Waals surface area (Å²) in [5, 5.41) is 8.25. The van der Waals surface area contributed by atoms with Crippen LogP contribution in [-0.4, -0.2) is 15.7 Å². The van der Waals surface area contributed by atoms with Crippen LogP contribution >= 0.6 is 11.6 Å². The number of benzene rings is 1. The van der Waals surface area contributed by atoms with E-state index in [0.717, 1.165) is 35.4 Å². The molecule has 4 nitrogen and oxygen atoms in total. The molecule has 0 saturated carbocycles. The van der Waals surface area contributed by atoms with Gasteiger partial charge in [-0.15, -0.1) is 0 Å². The van der Waals surface area contributed by atoms with Crippen LogP contribution in [0.25, 0.3) is 6.08 Å². The number of nitrogens with one attached hydrogen (secondary N) is 1. The van der Waals surface area contributed by atoms with E-state index in [-0.39, 0.29) is 5.91 Å². The van der Waals surface area contributed by atoms with Gasteiger partial charge in [-0.1, -0.05) is 37.6 Å². The number of carbonyl (C=O) groups is 1. The summed E-state index contributed by atoms with van der Waals surface area (Å²) in [7, 11) is 1.90. The van der Waals surface area contributed by atoms with Crippen LogP contribution in [0.4, 0.5) is 0 Å². The Kier molecular flexibility index (Phi) is 6.07. The summed E-state index contributed by atoms with van der Waals surface area (Å²) in [6.07, 6.45) is 5.03. The Hall–Kier alpha value is -2.07. The Labute approximate surface area is 154 Å². The smallest absolute Gasteiger partial charge is 0.244 e. The fourth-order valence-electron chi connectivity index (χ4n) is 3.14. The van der Waals surface area contributed by atoms with Gasteiger partial charge in [-0.05, 0) is 50.5 Å². The van der Waals surface area contributed by atoms with E-state index in [9.17, 15) is 4.79 Å². The van der Waals surface area contributed by atoms with Gasteiger partial charge in [-0.2, -0.15) is 5.10 Å². The third-order valence-corrected chi connectivity index (χ3v) is 5.18. The number of aryl methyl sites for hydroxylation is 2. The number of aromatic nitrogens is 2. The molecule has 0 aliphatic rings. The zero-order chi connectivity index (χ0) is 18.6. The third-order valence-electron chi connectivity index (χ3n) is 4.93. The number of amides is 1. The van der Waals surface area contributed by atoms with Gasteiger partial charge in [0.15, 0.2) is 0 Å². The maximum Gasteiger partial charge on any atom is 0.244 e. The number of hydrogen-bond acceptors (Lipinski definition) is 2. The molecule has 0 unspecified atom stereocenters. The van der Waals surface area contributed by atoms with Crippen LogP contribution in [0.5, 0.6) is 0 Å². The lowest BCUT2D eigenvalue weighted by Crippen LogP contribution is -2.44. The van der Waals surface area contributed by atoms with Crippen LogP contribution in [0.15, 0.2) is 30.3 Å². The Morgan fingerprint density at radius 2 is 1.84 bits per heavy atom. The van der Waals surface area contributed by atoms with E-state index in [1.165, 1.54) is 0 Å². The quantitative estimate of drug-likeness (QED) is 0.770. The molecule has 1 heterocycles. The highest BCUT2D eigenvalue weighted by Gasteiger charge is 2.29. The lowest BCUT2D eigenvalue weighted by Gasteiger charge is -2.33. The second-order valence-corrected chi connectivity index (χ2v) is 6.76. The largest absolute Gasteiger partial charge is 0.343 e. The van der Waals surface area contributed by atoms with Crippen molar-refractivity contribution >= 4 is 23.6 Å². The van der Waals surface area contributed by atoms with Gasteiger partial charge in [-0.3, -0.25) is 9.48 Å². The summed E-state index contributed by atoms with van der Waals surface area (Å²) < 4.78 is 1.82. The van der Waals surface area contributed by atoms with Crippen LogP contribution in [0, 0.1) is 13.8 Å². The molecular weight excluding hydrogens is 334 g/mol. The van der Waals surface area contributed by atoms with Gasteiger partial charge in [0.2, 0.25) is 5.91 Å². The lowest BCUT2D eigenvalue weighted by molar-refractivity contribution is -0.118. The van der Waals surface area contributed by atoms with Crippen molar-refractivity contribution in [3.8, 4) is 0 Å². The van der Waals surface area contributed by atoms with Gasteiger partial charge in [0.1, 0.15) is 0 Å². The highest BCUT2D eigenvalue weighted by molar-refractivity contribution is 6.30. The van der Waals surface area contributed by atoms with E-state index in [1.54, 1.807) is 6.08 Å². The molecule has 0 saturated heterocycles. The summed E-state index contributed by atoms with van der Waals surface area (Å²) in [6, 6.07) is 7.69. The summed E-state index contributed by atoms with van der Waals surface area (Å²) in [4.78, 5) is 12.6. The minimum atomic E-state index is -0.398. The number of hydrogen-bond donors (Lipinski definition) is 1. The highest BCUT2D eigenvalue weighted by Crippen LogP contribution is 2.29. The molecule has 134 valence electrons. The van der Waals surface area contributed by atoms with Crippen LogP contribution < -0.4 is 5.32 Å². The van der Waals surface area contributed by atoms with Gasteiger partial charge in [0, 0.05) is 29.4 Å². The molecule has 25 heavy (non-hydrogen) atoms. The first-order valence-electron chi connectivity index (χ1n) is 8.59. The van der Waals surface area contributed by atoms with Gasteiger partial charge in [-0.25, -0.2) is 0 Å². The number of nitrogens with zero attached hydrogens (tertiary/aromatic N) is 2. The second kappa shape index (κ2) is 7.87. The number of carbonyl (C=O) groups excluding carboxylic acids is 1. The zero-order valence-corrected chi connectivity index (χ0v) is 16.3. The van der Waals surface area contributed by atoms with E-state index < -0.39 is 5.54 Å². The molecule has 2 rings (SSSR count). The van der Waals surface area contributed by atoms with Crippen molar-refractivity contribution in [2.75, 3.05) is 0 Å². The molecule has 1 aromatic carbocycles. The van der Waals surface area contributed by atoms with Gasteiger partial charge >= 0.3 is 0 Å². The van der Waals surface area contributed by atoms with Crippen molar-refractivity contribution in [1.29, 1.82) is 0 Å². The van der Waals surface area contributed by atoms with Gasteiger partial charge in [0.05, 0.1) is 11.2 Å². The first kappa shape index (κ1) is 19.3. The fraction of sp³-hybridized carbons (Fsp3) is 0.400. The Bertz CT molecular complexity index is 771. The van der Waals surface area contributed by atoms with Crippen molar-refractivity contribution in [2.24, 2.45) is 7.05 Å². The predicted molar refractivity (Wildman–Crippen MR) is 104 cm³/mol. The Balaban J connectivity index is 2.23. The van der Waals surface area contributed by atoms with E-state index in [2.05, 4.69) is 24.3 Å². The summed E-state index contributed by atoms with van der Waals surface area (Å²) in [6.45, 7) is 8.10. The molecule has 1 aromatic heterocycles. The minimum Gasteiger partial charge on any atom is -0.343 e. The minimum absolute atomic E-state index is 0.110. The van der Waals surface area contributed by atoms with Crippen molar-refractivity contribution in [2.45, 2.75) is 46.1 Å².